The molecule has 1 aromatic carbocycles. The Morgan fingerprint density at radius 3 is 2.39 bits per heavy atom. The summed E-state index contributed by atoms with van der Waals surface area (Å²) in [5.41, 5.74) is 0.388. The second-order valence-corrected chi connectivity index (χ2v) is 7.86. The topological polar surface area (TPSA) is 85.9 Å². The summed E-state index contributed by atoms with van der Waals surface area (Å²) in [6.45, 7) is 4.66. The predicted molar refractivity (Wildman–Crippen MR) is 105 cm³/mol. The third-order valence-electron chi connectivity index (χ3n) is 5.67. The zero-order valence-electron chi connectivity index (χ0n) is 17.0. The van der Waals surface area contributed by atoms with Gasteiger partial charge in [0.1, 0.15) is 17.5 Å². The lowest BCUT2D eigenvalue weighted by Gasteiger charge is -2.47. The predicted octanol–water partition coefficient (Wildman–Crippen LogP) is 2.14. The van der Waals surface area contributed by atoms with E-state index in [9.17, 15) is 9.59 Å². The molecule has 4 unspecified atom stereocenters. The Kier molecular flexibility index (Phi) is 6.44. The molecule has 28 heavy (non-hydrogen) atoms. The summed E-state index contributed by atoms with van der Waals surface area (Å²) in [5, 5.41) is 5.98. The number of nitrogens with one attached hydrogen (secondary N) is 2. The highest BCUT2D eigenvalue weighted by Crippen LogP contribution is 2.37. The van der Waals surface area contributed by atoms with Crippen LogP contribution in [-0.2, 0) is 9.53 Å². The Labute approximate surface area is 166 Å². The van der Waals surface area contributed by atoms with Crippen LogP contribution in [-0.4, -0.2) is 50.8 Å². The highest BCUT2D eigenvalue weighted by molar-refractivity contribution is 5.98. The molecule has 1 heterocycles. The summed E-state index contributed by atoms with van der Waals surface area (Å²) in [7, 11) is 3.06. The summed E-state index contributed by atoms with van der Waals surface area (Å²) in [4.78, 5) is 25.6. The Balaban J connectivity index is 1.65. The average Bonchev–Trinajstić information content (AvgIpc) is 2.69. The van der Waals surface area contributed by atoms with Gasteiger partial charge in [-0.15, -0.1) is 0 Å². The third kappa shape index (κ3) is 4.41. The summed E-state index contributed by atoms with van der Waals surface area (Å²) in [6, 6.07) is 4.47. The number of hydrogen-bond donors (Lipinski definition) is 2. The number of fused-ring (bicyclic) bond motifs is 1. The molecule has 1 aliphatic carbocycles. The summed E-state index contributed by atoms with van der Waals surface area (Å²) in [6.07, 6.45) is 3.24. The standard InChI is InChI=1S/C21H30N2O5/c1-12(2)19(21(25)22-17-11-18-16(17)6-5-7-28-18)23-20(24)13-8-14(26-3)10-15(9-13)27-4/h8-10,12,16-19H,5-7,11H2,1-4H3,(H,22,25)(H,23,24). The van der Waals surface area contributed by atoms with Crippen LogP contribution in [0.5, 0.6) is 11.5 Å². The minimum atomic E-state index is -0.617. The molecular weight excluding hydrogens is 360 g/mol. The van der Waals surface area contributed by atoms with Gasteiger partial charge < -0.3 is 24.8 Å². The molecular formula is C21H30N2O5. The van der Waals surface area contributed by atoms with Crippen LogP contribution < -0.4 is 20.1 Å². The van der Waals surface area contributed by atoms with Gasteiger partial charge in [-0.05, 0) is 37.3 Å². The number of benzene rings is 1. The smallest absolute Gasteiger partial charge is 0.252 e. The van der Waals surface area contributed by atoms with Crippen LogP contribution >= 0.6 is 0 Å². The van der Waals surface area contributed by atoms with Gasteiger partial charge >= 0.3 is 0 Å². The summed E-state index contributed by atoms with van der Waals surface area (Å²) < 4.78 is 16.2. The fraction of sp³-hybridized carbons (Fsp3) is 0.619. The maximum Gasteiger partial charge on any atom is 0.252 e. The van der Waals surface area contributed by atoms with Gasteiger partial charge in [-0.3, -0.25) is 9.59 Å². The normalized spacial score (nSPS) is 24.5. The van der Waals surface area contributed by atoms with Gasteiger partial charge in [-0.1, -0.05) is 13.8 Å². The van der Waals surface area contributed by atoms with Crippen LogP contribution in [0.2, 0.25) is 0 Å². The number of hydrogen-bond acceptors (Lipinski definition) is 5. The van der Waals surface area contributed by atoms with Crippen LogP contribution in [0.15, 0.2) is 18.2 Å². The van der Waals surface area contributed by atoms with E-state index in [1.54, 1.807) is 18.2 Å². The van der Waals surface area contributed by atoms with Crippen LogP contribution in [0, 0.1) is 11.8 Å². The van der Waals surface area contributed by atoms with Crippen LogP contribution in [0.3, 0.4) is 0 Å². The number of carbonyl (C=O) groups excluding carboxylic acids is 2. The van der Waals surface area contributed by atoms with Gasteiger partial charge in [0.15, 0.2) is 0 Å². The molecule has 3 rings (SSSR count). The molecule has 2 aliphatic rings. The molecule has 0 radical (unpaired) electrons. The zero-order chi connectivity index (χ0) is 20.3. The number of carbonyl (C=O) groups is 2. The van der Waals surface area contributed by atoms with Crippen molar-refractivity contribution in [1.29, 1.82) is 0 Å². The highest BCUT2D eigenvalue weighted by Gasteiger charge is 2.44. The first-order chi connectivity index (χ1) is 13.4. The molecule has 0 spiro atoms. The lowest BCUT2D eigenvalue weighted by atomic mass is 9.72. The molecule has 1 saturated carbocycles. The van der Waals surface area contributed by atoms with Gasteiger partial charge in [-0.25, -0.2) is 0 Å². The van der Waals surface area contributed by atoms with Crippen LogP contribution in [0.25, 0.3) is 0 Å². The van der Waals surface area contributed by atoms with Crippen LogP contribution in [0.4, 0.5) is 0 Å². The SMILES string of the molecule is COc1cc(OC)cc(C(=O)NC(C(=O)NC2CC3OCCCC23)C(C)C)c1. The van der Waals surface area contributed by atoms with Crippen molar-refractivity contribution in [3.05, 3.63) is 23.8 Å². The van der Waals surface area contributed by atoms with E-state index in [4.69, 9.17) is 14.2 Å². The largest absolute Gasteiger partial charge is 0.497 e. The van der Waals surface area contributed by atoms with Gasteiger partial charge in [0.25, 0.3) is 5.91 Å². The van der Waals surface area contributed by atoms with E-state index in [1.165, 1.54) is 14.2 Å². The number of rotatable bonds is 7. The monoisotopic (exact) mass is 390 g/mol. The molecule has 7 heteroatoms. The highest BCUT2D eigenvalue weighted by atomic mass is 16.5. The molecule has 7 nitrogen and oxygen atoms in total. The van der Waals surface area contributed by atoms with E-state index in [0.29, 0.717) is 23.0 Å². The van der Waals surface area contributed by atoms with E-state index in [0.717, 1.165) is 25.9 Å². The molecule has 2 amide bonds. The minimum absolute atomic E-state index is 0.0464. The number of ether oxygens (including phenoxy) is 3. The first kappa shape index (κ1) is 20.5. The van der Waals surface area contributed by atoms with Crippen molar-refractivity contribution in [2.45, 2.75) is 51.3 Å². The Morgan fingerprint density at radius 1 is 1.14 bits per heavy atom. The average molecular weight is 390 g/mol. The lowest BCUT2D eigenvalue weighted by Crippen LogP contribution is -2.61. The minimum Gasteiger partial charge on any atom is -0.497 e. The van der Waals surface area contributed by atoms with Crippen molar-refractivity contribution < 1.29 is 23.8 Å². The maximum atomic E-state index is 12.9. The molecule has 4 atom stereocenters. The van der Waals surface area contributed by atoms with Crippen molar-refractivity contribution in [1.82, 2.24) is 10.6 Å². The zero-order valence-corrected chi connectivity index (χ0v) is 17.0. The Morgan fingerprint density at radius 2 is 1.82 bits per heavy atom. The first-order valence-corrected chi connectivity index (χ1v) is 9.88. The fourth-order valence-electron chi connectivity index (χ4n) is 3.93. The molecule has 154 valence electrons. The molecule has 2 N–H and O–H groups in total. The quantitative estimate of drug-likeness (QED) is 0.745. The van der Waals surface area contributed by atoms with Gasteiger partial charge in [-0.2, -0.15) is 0 Å². The van der Waals surface area contributed by atoms with E-state index < -0.39 is 6.04 Å². The molecule has 1 saturated heterocycles. The third-order valence-corrected chi connectivity index (χ3v) is 5.67. The molecule has 0 bridgehead atoms. The van der Waals surface area contributed by atoms with Gasteiger partial charge in [0.2, 0.25) is 5.91 Å². The molecule has 0 aromatic heterocycles. The van der Waals surface area contributed by atoms with Crippen molar-refractivity contribution in [3.63, 3.8) is 0 Å². The molecule has 1 aliphatic heterocycles. The number of methoxy groups -OCH3 is 2. The van der Waals surface area contributed by atoms with Crippen LogP contribution in [0.1, 0.15) is 43.5 Å². The van der Waals surface area contributed by atoms with Crippen molar-refractivity contribution >= 4 is 11.8 Å². The van der Waals surface area contributed by atoms with Crippen molar-refractivity contribution in [2.75, 3.05) is 20.8 Å². The van der Waals surface area contributed by atoms with Crippen molar-refractivity contribution in [3.8, 4) is 11.5 Å². The van der Waals surface area contributed by atoms with Gasteiger partial charge in [0.05, 0.1) is 20.3 Å². The summed E-state index contributed by atoms with van der Waals surface area (Å²) in [5.74, 6) is 0.908. The van der Waals surface area contributed by atoms with E-state index >= 15 is 0 Å². The maximum absolute atomic E-state index is 12.9. The molecule has 2 fully saturated rings. The second kappa shape index (κ2) is 8.82. The second-order valence-electron chi connectivity index (χ2n) is 7.86. The lowest BCUT2D eigenvalue weighted by molar-refractivity contribution is -0.134. The molecule has 1 aromatic rings. The fourth-order valence-corrected chi connectivity index (χ4v) is 3.93. The van der Waals surface area contributed by atoms with E-state index in [2.05, 4.69) is 10.6 Å². The summed E-state index contributed by atoms with van der Waals surface area (Å²) >= 11 is 0. The van der Waals surface area contributed by atoms with Crippen molar-refractivity contribution in [2.24, 2.45) is 11.8 Å². The number of amides is 2. The van der Waals surface area contributed by atoms with Gasteiger partial charge in [0, 0.05) is 30.2 Å². The van der Waals surface area contributed by atoms with E-state index in [-0.39, 0.29) is 29.9 Å². The van der Waals surface area contributed by atoms with E-state index in [1.807, 2.05) is 13.8 Å². The Hall–Kier alpha value is -2.28. The first-order valence-electron chi connectivity index (χ1n) is 9.88. The Bertz CT molecular complexity index is 698.